The van der Waals surface area contributed by atoms with Crippen LogP contribution in [-0.4, -0.2) is 93.9 Å². The quantitative estimate of drug-likeness (QED) is 0.0167. The Morgan fingerprint density at radius 1 is 0.688 bits per heavy atom. The summed E-state index contributed by atoms with van der Waals surface area (Å²) in [6, 6.07) is 0. The Bertz CT molecular complexity index is 1250. The van der Waals surface area contributed by atoms with Gasteiger partial charge >= 0.3 is 19.8 Å². The molecule has 0 spiro atoms. The zero-order valence-electron chi connectivity index (χ0n) is 40.4. The summed E-state index contributed by atoms with van der Waals surface area (Å²) in [5, 5.41) is 39.2. The molecule has 0 amide bonds. The Labute approximate surface area is 387 Å². The third kappa shape index (κ3) is 33.7. The normalized spacial score (nSPS) is 19.0. The van der Waals surface area contributed by atoms with E-state index >= 15 is 0 Å². The number of rotatable bonds is 44. The number of unbranched alkanes of at least 4 members (excludes halogenated alkanes) is 22. The predicted octanol–water partition coefficient (Wildman–Crippen LogP) is 10.8. The number of esters is 2. The van der Waals surface area contributed by atoms with Crippen LogP contribution in [-0.2, 0) is 37.5 Å². The van der Waals surface area contributed by atoms with E-state index in [1.807, 2.05) is 0 Å². The van der Waals surface area contributed by atoms with Crippen molar-refractivity contribution in [1.29, 1.82) is 0 Å². The van der Waals surface area contributed by atoms with Gasteiger partial charge in [-0.2, -0.15) is 0 Å². The van der Waals surface area contributed by atoms with Crippen molar-refractivity contribution in [2.45, 2.75) is 244 Å². The molecule has 13 nitrogen and oxygen atoms in total. The standard InChI is InChI=1S/C50H93O13P/c1-4-5-24-30-42(52)34-35-46-45(47(54)36-48(46)55)31-26-22-23-28-33-50(57)63-44(40-62-64(58,59)61-38-43(53)37-51)39-60-49(56)32-27-21-19-17-15-13-11-9-7-6-8-10-12-14-16-18-20-25-29-41(2)3/h34-35,41-46,48,51-53,55H,4-33,36-40H2,1-3H3,(H,58,59)/b35-34+/t42-,43-,44+,45+,46+,48+/m0/s1. The fraction of sp³-hybridized carbons (Fsp3) is 0.900. The summed E-state index contributed by atoms with van der Waals surface area (Å²) in [6.45, 7) is 4.39. The zero-order chi connectivity index (χ0) is 47.3. The van der Waals surface area contributed by atoms with Crippen LogP contribution in [0.5, 0.6) is 0 Å². The van der Waals surface area contributed by atoms with Crippen LogP contribution in [0.25, 0.3) is 0 Å². The average Bonchev–Trinajstić information content (AvgIpc) is 3.53. The Morgan fingerprint density at radius 2 is 1.17 bits per heavy atom. The first-order valence-corrected chi connectivity index (χ1v) is 27.1. The van der Waals surface area contributed by atoms with Crippen molar-refractivity contribution in [2.75, 3.05) is 26.4 Å². The number of Topliss-reactive ketones (excluding diaryl/α,β-unsaturated/α-hetero) is 1. The van der Waals surface area contributed by atoms with Gasteiger partial charge in [-0.25, -0.2) is 4.57 Å². The molecule has 0 bridgehead atoms. The van der Waals surface area contributed by atoms with Gasteiger partial charge in [-0.1, -0.05) is 187 Å². The molecule has 1 aliphatic carbocycles. The molecule has 376 valence electrons. The van der Waals surface area contributed by atoms with E-state index in [0.717, 1.165) is 57.3 Å². The second-order valence-corrected chi connectivity index (χ2v) is 20.3. The van der Waals surface area contributed by atoms with E-state index in [1.165, 1.54) is 96.3 Å². The van der Waals surface area contributed by atoms with Gasteiger partial charge in [0.25, 0.3) is 0 Å². The monoisotopic (exact) mass is 933 g/mol. The van der Waals surface area contributed by atoms with Crippen molar-refractivity contribution >= 4 is 25.5 Å². The van der Waals surface area contributed by atoms with Crippen molar-refractivity contribution < 1.29 is 62.8 Å². The first-order valence-electron chi connectivity index (χ1n) is 25.6. The van der Waals surface area contributed by atoms with Crippen LogP contribution in [0.15, 0.2) is 12.2 Å². The topological polar surface area (TPSA) is 206 Å². The van der Waals surface area contributed by atoms with Gasteiger partial charge in [0.1, 0.15) is 18.5 Å². The number of aliphatic hydroxyl groups excluding tert-OH is 4. The molecule has 1 fully saturated rings. The zero-order valence-corrected chi connectivity index (χ0v) is 41.3. The van der Waals surface area contributed by atoms with E-state index in [-0.39, 0.29) is 43.5 Å². The Hall–Kier alpha value is -1.70. The third-order valence-corrected chi connectivity index (χ3v) is 13.2. The molecule has 0 aliphatic heterocycles. The minimum atomic E-state index is -4.69. The summed E-state index contributed by atoms with van der Waals surface area (Å²) >= 11 is 0. The van der Waals surface area contributed by atoms with Crippen LogP contribution < -0.4 is 0 Å². The molecule has 5 N–H and O–H groups in total. The molecule has 64 heavy (non-hydrogen) atoms. The minimum absolute atomic E-state index is 0.0261. The van der Waals surface area contributed by atoms with E-state index in [1.54, 1.807) is 12.2 Å². The number of aliphatic hydroxyl groups is 4. The molecule has 7 atom stereocenters. The molecular weight excluding hydrogens is 840 g/mol. The van der Waals surface area contributed by atoms with Crippen LogP contribution in [0.3, 0.4) is 0 Å². The molecule has 0 heterocycles. The summed E-state index contributed by atoms with van der Waals surface area (Å²) < 4.78 is 32.9. The molecule has 1 unspecified atom stereocenters. The first-order chi connectivity index (χ1) is 30.8. The molecule has 14 heteroatoms. The van der Waals surface area contributed by atoms with Crippen LogP contribution >= 0.6 is 7.82 Å². The van der Waals surface area contributed by atoms with Crippen LogP contribution in [0, 0.1) is 17.8 Å². The summed E-state index contributed by atoms with van der Waals surface area (Å²) in [4.78, 5) is 48.0. The molecule has 0 aromatic heterocycles. The maximum absolute atomic E-state index is 12.8. The molecule has 0 radical (unpaired) electrons. The number of carbonyl (C=O) groups is 3. The van der Waals surface area contributed by atoms with Crippen molar-refractivity contribution in [3.05, 3.63) is 12.2 Å². The van der Waals surface area contributed by atoms with E-state index in [4.69, 9.17) is 23.6 Å². The van der Waals surface area contributed by atoms with Crippen molar-refractivity contribution in [1.82, 2.24) is 0 Å². The Balaban J connectivity index is 2.32. The van der Waals surface area contributed by atoms with E-state index < -0.39 is 64.0 Å². The molecule has 1 rings (SSSR count). The van der Waals surface area contributed by atoms with Crippen LogP contribution in [0.1, 0.15) is 220 Å². The number of ether oxygens (including phenoxy) is 2. The summed E-state index contributed by atoms with van der Waals surface area (Å²) in [6.07, 6.45) is 30.8. The van der Waals surface area contributed by atoms with Gasteiger partial charge in [-0.15, -0.1) is 0 Å². The van der Waals surface area contributed by atoms with Gasteiger partial charge in [0, 0.05) is 31.1 Å². The molecule has 1 aliphatic rings. The smallest absolute Gasteiger partial charge is 0.462 e. The highest BCUT2D eigenvalue weighted by atomic mass is 31.2. The summed E-state index contributed by atoms with van der Waals surface area (Å²) in [5.74, 6) is -0.841. The Kier molecular flexibility index (Phi) is 37.0. The molecule has 1 saturated carbocycles. The Morgan fingerprint density at radius 3 is 1.70 bits per heavy atom. The van der Waals surface area contributed by atoms with Crippen LogP contribution in [0.4, 0.5) is 0 Å². The fourth-order valence-electron chi connectivity index (χ4n) is 8.25. The lowest BCUT2D eigenvalue weighted by molar-refractivity contribution is -0.161. The first kappa shape index (κ1) is 60.3. The minimum Gasteiger partial charge on any atom is -0.462 e. The maximum atomic E-state index is 12.8. The molecule has 0 saturated heterocycles. The van der Waals surface area contributed by atoms with E-state index in [9.17, 15) is 39.2 Å². The number of hydrogen-bond acceptors (Lipinski definition) is 12. The van der Waals surface area contributed by atoms with E-state index in [2.05, 4.69) is 20.8 Å². The summed E-state index contributed by atoms with van der Waals surface area (Å²) in [7, 11) is -4.69. The highest BCUT2D eigenvalue weighted by molar-refractivity contribution is 7.47. The molecule has 0 aromatic rings. The third-order valence-electron chi connectivity index (χ3n) is 12.2. The van der Waals surface area contributed by atoms with Gasteiger partial charge in [0.05, 0.1) is 32.0 Å². The summed E-state index contributed by atoms with van der Waals surface area (Å²) in [5.41, 5.74) is 0. The predicted molar refractivity (Wildman–Crippen MR) is 252 cm³/mol. The average molecular weight is 933 g/mol. The highest BCUT2D eigenvalue weighted by Gasteiger charge is 2.39. The van der Waals surface area contributed by atoms with E-state index in [0.29, 0.717) is 32.1 Å². The number of ketones is 1. The van der Waals surface area contributed by atoms with Crippen molar-refractivity contribution in [3.8, 4) is 0 Å². The van der Waals surface area contributed by atoms with Gasteiger partial charge < -0.3 is 34.8 Å². The van der Waals surface area contributed by atoms with Gasteiger partial charge in [-0.05, 0) is 31.6 Å². The van der Waals surface area contributed by atoms with Crippen molar-refractivity contribution in [2.24, 2.45) is 17.8 Å². The largest absolute Gasteiger partial charge is 0.472 e. The molecular formula is C50H93O13P. The number of phosphoric ester groups is 1. The van der Waals surface area contributed by atoms with Crippen molar-refractivity contribution in [3.63, 3.8) is 0 Å². The van der Waals surface area contributed by atoms with Gasteiger partial charge in [0.15, 0.2) is 6.10 Å². The highest BCUT2D eigenvalue weighted by Crippen LogP contribution is 2.43. The lowest BCUT2D eigenvalue weighted by atomic mass is 9.88. The second kappa shape index (κ2) is 39.3. The van der Waals surface area contributed by atoms with Gasteiger partial charge in [0.2, 0.25) is 0 Å². The van der Waals surface area contributed by atoms with Crippen LogP contribution in [0.2, 0.25) is 0 Å². The number of hydrogen-bond donors (Lipinski definition) is 5. The maximum Gasteiger partial charge on any atom is 0.472 e. The lowest BCUT2D eigenvalue weighted by Gasteiger charge is -2.20. The molecule has 0 aromatic carbocycles. The second-order valence-electron chi connectivity index (χ2n) is 18.8. The van der Waals surface area contributed by atoms with Gasteiger partial charge in [-0.3, -0.25) is 23.4 Å². The number of carbonyl (C=O) groups excluding carboxylic acids is 3. The number of phosphoric acid groups is 1. The SMILES string of the molecule is CCCCC[C@H](O)/C=C/[C@H]1[C@H](O)CC(=O)[C@@H]1CCCCCCC(=O)O[C@H](COC(=O)CCCCCCCCCCCCCCCCCCCCC(C)C)COP(=O)(O)OC[C@@H](O)CO. The fourth-order valence-corrected chi connectivity index (χ4v) is 9.04. The lowest BCUT2D eigenvalue weighted by Crippen LogP contribution is -2.29.